The fourth-order valence-corrected chi connectivity index (χ4v) is 3.71. The molecule has 0 saturated carbocycles. The SMILES string of the molecule is CCCCC1(c2ccccc2)NC(=O)N(CC(=O)NC(C)c2ccc(F)cc2)C1=O. The summed E-state index contributed by atoms with van der Waals surface area (Å²) in [5, 5.41) is 5.59. The van der Waals surface area contributed by atoms with Gasteiger partial charge in [0, 0.05) is 0 Å². The number of benzene rings is 2. The summed E-state index contributed by atoms with van der Waals surface area (Å²) in [6, 6.07) is 13.9. The van der Waals surface area contributed by atoms with E-state index in [1.165, 1.54) is 12.1 Å². The molecular weight excluding hydrogens is 385 g/mol. The van der Waals surface area contributed by atoms with Crippen molar-refractivity contribution in [2.24, 2.45) is 0 Å². The van der Waals surface area contributed by atoms with Crippen LogP contribution in [0.25, 0.3) is 0 Å². The van der Waals surface area contributed by atoms with E-state index in [1.807, 2.05) is 37.3 Å². The lowest BCUT2D eigenvalue weighted by atomic mass is 9.85. The van der Waals surface area contributed by atoms with Crippen LogP contribution in [-0.2, 0) is 15.1 Å². The third-order valence-corrected chi connectivity index (χ3v) is 5.40. The number of hydrogen-bond acceptors (Lipinski definition) is 3. The quantitative estimate of drug-likeness (QED) is 0.651. The zero-order valence-electron chi connectivity index (χ0n) is 17.2. The van der Waals surface area contributed by atoms with Gasteiger partial charge >= 0.3 is 6.03 Å². The first-order valence-electron chi connectivity index (χ1n) is 10.1. The van der Waals surface area contributed by atoms with Crippen LogP contribution >= 0.6 is 0 Å². The summed E-state index contributed by atoms with van der Waals surface area (Å²) < 4.78 is 13.1. The molecule has 4 amide bonds. The van der Waals surface area contributed by atoms with Gasteiger partial charge in [0.05, 0.1) is 6.04 Å². The summed E-state index contributed by atoms with van der Waals surface area (Å²) in [6.45, 7) is 3.39. The molecule has 0 aromatic heterocycles. The van der Waals surface area contributed by atoms with Crippen molar-refractivity contribution in [1.29, 1.82) is 0 Å². The number of amides is 4. The minimum absolute atomic E-state index is 0.360. The first-order chi connectivity index (χ1) is 14.4. The van der Waals surface area contributed by atoms with Crippen LogP contribution in [0.5, 0.6) is 0 Å². The second-order valence-electron chi connectivity index (χ2n) is 7.54. The van der Waals surface area contributed by atoms with Gasteiger partial charge in [-0.15, -0.1) is 0 Å². The summed E-state index contributed by atoms with van der Waals surface area (Å²) in [4.78, 5) is 39.4. The Labute approximate surface area is 175 Å². The molecule has 158 valence electrons. The maximum atomic E-state index is 13.3. The predicted molar refractivity (Wildman–Crippen MR) is 111 cm³/mol. The van der Waals surface area contributed by atoms with Crippen LogP contribution in [-0.4, -0.2) is 29.3 Å². The van der Waals surface area contributed by atoms with E-state index in [-0.39, 0.29) is 12.4 Å². The Morgan fingerprint density at radius 2 is 1.80 bits per heavy atom. The van der Waals surface area contributed by atoms with E-state index in [2.05, 4.69) is 10.6 Å². The molecule has 7 heteroatoms. The number of hydrogen-bond donors (Lipinski definition) is 2. The number of imide groups is 1. The number of urea groups is 1. The van der Waals surface area contributed by atoms with Crippen LogP contribution in [0.1, 0.15) is 50.3 Å². The Bertz CT molecular complexity index is 917. The van der Waals surface area contributed by atoms with Gasteiger partial charge in [0.2, 0.25) is 5.91 Å². The maximum absolute atomic E-state index is 13.3. The fourth-order valence-electron chi connectivity index (χ4n) is 3.71. The number of rotatable bonds is 8. The molecule has 1 aliphatic heterocycles. The lowest BCUT2D eigenvalue weighted by Gasteiger charge is -2.27. The topological polar surface area (TPSA) is 78.5 Å². The van der Waals surface area contributed by atoms with Crippen molar-refractivity contribution in [3.63, 3.8) is 0 Å². The highest BCUT2D eigenvalue weighted by Crippen LogP contribution is 2.34. The smallest absolute Gasteiger partial charge is 0.325 e. The van der Waals surface area contributed by atoms with E-state index in [9.17, 15) is 18.8 Å². The molecular formula is C23H26FN3O3. The van der Waals surface area contributed by atoms with Crippen molar-refractivity contribution < 1.29 is 18.8 Å². The average molecular weight is 411 g/mol. The van der Waals surface area contributed by atoms with E-state index in [0.29, 0.717) is 12.0 Å². The van der Waals surface area contributed by atoms with Crippen molar-refractivity contribution in [2.45, 2.75) is 44.7 Å². The van der Waals surface area contributed by atoms with Gasteiger partial charge in [-0.25, -0.2) is 9.18 Å². The molecule has 2 unspecified atom stereocenters. The number of halogens is 1. The molecule has 2 N–H and O–H groups in total. The molecule has 1 fully saturated rings. The van der Waals surface area contributed by atoms with E-state index >= 15 is 0 Å². The highest BCUT2D eigenvalue weighted by molar-refractivity contribution is 6.09. The molecule has 2 atom stereocenters. The van der Waals surface area contributed by atoms with Gasteiger partial charge in [0.15, 0.2) is 0 Å². The standard InChI is InChI=1S/C23H26FN3O3/c1-3-4-14-23(18-8-6-5-7-9-18)21(29)27(22(30)26-23)15-20(28)25-16(2)17-10-12-19(24)13-11-17/h5-13,16H,3-4,14-15H2,1-2H3,(H,25,28)(H,26,30). The highest BCUT2D eigenvalue weighted by atomic mass is 19.1. The number of carbonyl (C=O) groups excluding carboxylic acids is 3. The van der Waals surface area contributed by atoms with Crippen LogP contribution in [0.4, 0.5) is 9.18 Å². The highest BCUT2D eigenvalue weighted by Gasteiger charge is 2.52. The van der Waals surface area contributed by atoms with Crippen molar-refractivity contribution in [1.82, 2.24) is 15.5 Å². The first-order valence-corrected chi connectivity index (χ1v) is 10.1. The third-order valence-electron chi connectivity index (χ3n) is 5.40. The summed E-state index contributed by atoms with van der Waals surface area (Å²) >= 11 is 0. The second-order valence-corrected chi connectivity index (χ2v) is 7.54. The molecule has 0 bridgehead atoms. The van der Waals surface area contributed by atoms with Crippen molar-refractivity contribution in [3.8, 4) is 0 Å². The summed E-state index contributed by atoms with van der Waals surface area (Å²) in [5.41, 5.74) is 0.278. The summed E-state index contributed by atoms with van der Waals surface area (Å²) in [7, 11) is 0. The summed E-state index contributed by atoms with van der Waals surface area (Å²) in [5.74, 6) is -1.24. The zero-order chi connectivity index (χ0) is 21.7. The van der Waals surface area contributed by atoms with E-state index < -0.39 is 29.4 Å². The van der Waals surface area contributed by atoms with Crippen LogP contribution in [0.15, 0.2) is 54.6 Å². The van der Waals surface area contributed by atoms with Crippen molar-refractivity contribution >= 4 is 17.8 Å². The molecule has 30 heavy (non-hydrogen) atoms. The van der Waals surface area contributed by atoms with Crippen LogP contribution in [0, 0.1) is 5.82 Å². The predicted octanol–water partition coefficient (Wildman–Crippen LogP) is 3.64. The molecule has 3 rings (SSSR count). The maximum Gasteiger partial charge on any atom is 0.325 e. The van der Waals surface area contributed by atoms with E-state index in [4.69, 9.17) is 0 Å². The molecule has 1 heterocycles. The van der Waals surface area contributed by atoms with Gasteiger partial charge in [0.25, 0.3) is 5.91 Å². The molecule has 1 aliphatic rings. The number of carbonyl (C=O) groups is 3. The molecule has 2 aromatic rings. The van der Waals surface area contributed by atoms with Crippen molar-refractivity contribution in [3.05, 3.63) is 71.5 Å². The van der Waals surface area contributed by atoms with Gasteiger partial charge in [-0.3, -0.25) is 14.5 Å². The van der Waals surface area contributed by atoms with Crippen LogP contribution in [0.3, 0.4) is 0 Å². The largest absolute Gasteiger partial charge is 0.348 e. The molecule has 6 nitrogen and oxygen atoms in total. The average Bonchev–Trinajstić information content (AvgIpc) is 2.98. The molecule has 0 aliphatic carbocycles. The van der Waals surface area contributed by atoms with Gasteiger partial charge in [0.1, 0.15) is 17.9 Å². The lowest BCUT2D eigenvalue weighted by Crippen LogP contribution is -2.45. The van der Waals surface area contributed by atoms with Gasteiger partial charge in [-0.05, 0) is 36.6 Å². The summed E-state index contributed by atoms with van der Waals surface area (Å²) in [6.07, 6.45) is 2.08. The third kappa shape index (κ3) is 4.35. The molecule has 1 saturated heterocycles. The number of nitrogens with zero attached hydrogens (tertiary/aromatic N) is 1. The van der Waals surface area contributed by atoms with E-state index in [0.717, 1.165) is 23.3 Å². The first kappa shape index (κ1) is 21.5. The molecule has 0 radical (unpaired) electrons. The zero-order valence-corrected chi connectivity index (χ0v) is 17.2. The Hall–Kier alpha value is -3.22. The number of unbranched alkanes of at least 4 members (excludes halogenated alkanes) is 1. The Kier molecular flexibility index (Phi) is 6.50. The molecule has 2 aromatic carbocycles. The molecule has 0 spiro atoms. The van der Waals surface area contributed by atoms with Gasteiger partial charge in [-0.2, -0.15) is 0 Å². The normalized spacial score (nSPS) is 19.5. The minimum Gasteiger partial charge on any atom is -0.348 e. The Morgan fingerprint density at radius 1 is 1.13 bits per heavy atom. The van der Waals surface area contributed by atoms with E-state index in [1.54, 1.807) is 19.1 Å². The van der Waals surface area contributed by atoms with Gasteiger partial charge < -0.3 is 10.6 Å². The second kappa shape index (κ2) is 9.07. The van der Waals surface area contributed by atoms with Crippen LogP contribution < -0.4 is 10.6 Å². The Balaban J connectivity index is 1.74. The van der Waals surface area contributed by atoms with Gasteiger partial charge in [-0.1, -0.05) is 62.2 Å². The minimum atomic E-state index is -1.16. The van der Waals surface area contributed by atoms with Crippen molar-refractivity contribution in [2.75, 3.05) is 6.54 Å². The number of nitrogens with one attached hydrogen (secondary N) is 2. The lowest BCUT2D eigenvalue weighted by molar-refractivity contribution is -0.135. The fraction of sp³-hybridized carbons (Fsp3) is 0.348. The Morgan fingerprint density at radius 3 is 2.43 bits per heavy atom. The van der Waals surface area contributed by atoms with Crippen LogP contribution in [0.2, 0.25) is 0 Å². The monoisotopic (exact) mass is 411 g/mol.